The highest BCUT2D eigenvalue weighted by Gasteiger charge is 2.35. The van der Waals surface area contributed by atoms with Crippen LogP contribution in [0, 0.1) is 0 Å². The summed E-state index contributed by atoms with van der Waals surface area (Å²) >= 11 is 0. The Hall–Kier alpha value is -1.79. The number of methoxy groups -OCH3 is 2. The zero-order valence-electron chi connectivity index (χ0n) is 12.4. The number of fused-ring (bicyclic) bond motifs is 1. The molecule has 2 aliphatic rings. The zero-order chi connectivity index (χ0) is 14.8. The van der Waals surface area contributed by atoms with E-state index in [1.54, 1.807) is 19.1 Å². The van der Waals surface area contributed by atoms with Crippen LogP contribution in [0.25, 0.3) is 0 Å². The number of nitrogens with zero attached hydrogens (tertiary/aromatic N) is 1. The fourth-order valence-electron chi connectivity index (χ4n) is 2.92. The van der Waals surface area contributed by atoms with E-state index in [0.29, 0.717) is 18.7 Å². The number of benzene rings is 1. The van der Waals surface area contributed by atoms with Crippen molar-refractivity contribution in [3.8, 4) is 0 Å². The Kier molecular flexibility index (Phi) is 3.98. The number of hydrogen-bond acceptors (Lipinski definition) is 5. The molecule has 2 unspecified atom stereocenters. The van der Waals surface area contributed by atoms with E-state index in [1.165, 1.54) is 0 Å². The SMILES string of the molecule is COC1CN(C(=O)c2ccc3c(c2)NCCN3)CC1OC. The van der Waals surface area contributed by atoms with Gasteiger partial charge in [-0.15, -0.1) is 0 Å². The molecule has 0 aromatic heterocycles. The van der Waals surface area contributed by atoms with Crippen molar-refractivity contribution in [1.82, 2.24) is 4.90 Å². The van der Waals surface area contributed by atoms with E-state index in [9.17, 15) is 4.79 Å². The lowest BCUT2D eigenvalue weighted by Crippen LogP contribution is -2.30. The van der Waals surface area contributed by atoms with E-state index in [-0.39, 0.29) is 18.1 Å². The van der Waals surface area contributed by atoms with Crippen LogP contribution in [0.4, 0.5) is 11.4 Å². The molecular weight excluding hydrogens is 270 g/mol. The largest absolute Gasteiger partial charge is 0.382 e. The van der Waals surface area contributed by atoms with Crippen LogP contribution < -0.4 is 10.6 Å². The maximum Gasteiger partial charge on any atom is 0.254 e. The van der Waals surface area contributed by atoms with Crippen molar-refractivity contribution in [2.45, 2.75) is 12.2 Å². The third-order valence-corrected chi connectivity index (χ3v) is 4.13. The molecule has 2 heterocycles. The number of rotatable bonds is 3. The van der Waals surface area contributed by atoms with Crippen molar-refractivity contribution in [2.24, 2.45) is 0 Å². The first kappa shape index (κ1) is 14.2. The Morgan fingerprint density at radius 3 is 2.33 bits per heavy atom. The summed E-state index contributed by atoms with van der Waals surface area (Å²) in [6.45, 7) is 2.90. The van der Waals surface area contributed by atoms with Gasteiger partial charge >= 0.3 is 0 Å². The number of amides is 1. The van der Waals surface area contributed by atoms with Crippen LogP contribution in [0.5, 0.6) is 0 Å². The van der Waals surface area contributed by atoms with E-state index < -0.39 is 0 Å². The van der Waals surface area contributed by atoms with E-state index in [0.717, 1.165) is 24.5 Å². The monoisotopic (exact) mass is 291 g/mol. The summed E-state index contributed by atoms with van der Waals surface area (Å²) in [7, 11) is 3.30. The van der Waals surface area contributed by atoms with Gasteiger partial charge in [0.1, 0.15) is 12.2 Å². The molecule has 2 atom stereocenters. The molecule has 0 saturated carbocycles. The third-order valence-electron chi connectivity index (χ3n) is 4.13. The average molecular weight is 291 g/mol. The van der Waals surface area contributed by atoms with Gasteiger partial charge in [0.2, 0.25) is 0 Å². The summed E-state index contributed by atoms with van der Waals surface area (Å²) in [6, 6.07) is 5.72. The molecule has 6 nitrogen and oxygen atoms in total. The van der Waals surface area contributed by atoms with Gasteiger partial charge in [-0.1, -0.05) is 0 Å². The first-order valence-corrected chi connectivity index (χ1v) is 7.19. The molecule has 1 aromatic rings. The van der Waals surface area contributed by atoms with Gasteiger partial charge in [-0.3, -0.25) is 4.79 Å². The van der Waals surface area contributed by atoms with E-state index in [2.05, 4.69) is 10.6 Å². The van der Waals surface area contributed by atoms with E-state index in [1.807, 2.05) is 18.2 Å². The van der Waals surface area contributed by atoms with Gasteiger partial charge in [-0.2, -0.15) is 0 Å². The molecule has 6 heteroatoms. The summed E-state index contributed by atoms with van der Waals surface area (Å²) in [4.78, 5) is 14.4. The number of nitrogens with one attached hydrogen (secondary N) is 2. The number of anilines is 2. The Labute approximate surface area is 124 Å². The standard InChI is InChI=1S/C15H21N3O3/c1-20-13-8-18(9-14(13)21-2)15(19)10-3-4-11-12(7-10)17-6-5-16-11/h3-4,7,13-14,16-17H,5-6,8-9H2,1-2H3. The second-order valence-electron chi connectivity index (χ2n) is 5.37. The van der Waals surface area contributed by atoms with Crippen LogP contribution >= 0.6 is 0 Å². The first-order valence-electron chi connectivity index (χ1n) is 7.19. The minimum absolute atomic E-state index is 0.0202. The van der Waals surface area contributed by atoms with Gasteiger partial charge in [-0.05, 0) is 18.2 Å². The summed E-state index contributed by atoms with van der Waals surface area (Å²) in [6.07, 6.45) is -0.118. The molecule has 0 spiro atoms. The highest BCUT2D eigenvalue weighted by atomic mass is 16.5. The van der Waals surface area contributed by atoms with Crippen LogP contribution in [-0.2, 0) is 9.47 Å². The molecule has 2 aliphatic heterocycles. The molecule has 0 aliphatic carbocycles. The van der Waals surface area contributed by atoms with Gasteiger partial charge in [0.25, 0.3) is 5.91 Å². The minimum Gasteiger partial charge on any atom is -0.382 e. The molecule has 1 amide bonds. The Morgan fingerprint density at radius 2 is 1.71 bits per heavy atom. The number of carbonyl (C=O) groups is 1. The Bertz CT molecular complexity index is 523. The lowest BCUT2D eigenvalue weighted by atomic mass is 10.1. The predicted molar refractivity (Wildman–Crippen MR) is 80.9 cm³/mol. The van der Waals surface area contributed by atoms with Crippen LogP contribution in [0.2, 0.25) is 0 Å². The van der Waals surface area contributed by atoms with Gasteiger partial charge < -0.3 is 25.0 Å². The van der Waals surface area contributed by atoms with Gasteiger partial charge in [0.15, 0.2) is 0 Å². The second-order valence-corrected chi connectivity index (χ2v) is 5.37. The fraction of sp³-hybridized carbons (Fsp3) is 0.533. The Morgan fingerprint density at radius 1 is 1.10 bits per heavy atom. The number of ether oxygens (including phenoxy) is 2. The normalized spacial score (nSPS) is 24.2. The second kappa shape index (κ2) is 5.91. The summed E-state index contributed by atoms with van der Waals surface area (Å²) in [5.41, 5.74) is 2.72. The average Bonchev–Trinajstić information content (AvgIpc) is 2.97. The Balaban J connectivity index is 1.76. The van der Waals surface area contributed by atoms with Gasteiger partial charge in [-0.25, -0.2) is 0 Å². The number of carbonyl (C=O) groups excluding carboxylic acids is 1. The topological polar surface area (TPSA) is 62.8 Å². The molecule has 21 heavy (non-hydrogen) atoms. The molecule has 2 N–H and O–H groups in total. The molecular formula is C15H21N3O3. The first-order chi connectivity index (χ1) is 10.2. The van der Waals surface area contributed by atoms with Gasteiger partial charge in [0, 0.05) is 46.0 Å². The molecule has 0 bridgehead atoms. The van der Waals surface area contributed by atoms with Crippen LogP contribution in [0.1, 0.15) is 10.4 Å². The van der Waals surface area contributed by atoms with E-state index >= 15 is 0 Å². The lowest BCUT2D eigenvalue weighted by Gasteiger charge is -2.22. The maximum absolute atomic E-state index is 12.6. The summed E-state index contributed by atoms with van der Waals surface area (Å²) < 4.78 is 10.8. The van der Waals surface area contributed by atoms with Crippen molar-refractivity contribution in [2.75, 3.05) is 51.0 Å². The van der Waals surface area contributed by atoms with Crippen molar-refractivity contribution < 1.29 is 14.3 Å². The van der Waals surface area contributed by atoms with Crippen LogP contribution in [-0.4, -0.2) is 63.4 Å². The summed E-state index contributed by atoms with van der Waals surface area (Å²) in [5, 5.41) is 6.61. The maximum atomic E-state index is 12.6. The van der Waals surface area contributed by atoms with Crippen molar-refractivity contribution in [3.05, 3.63) is 23.8 Å². The molecule has 1 aromatic carbocycles. The zero-order valence-corrected chi connectivity index (χ0v) is 12.4. The lowest BCUT2D eigenvalue weighted by molar-refractivity contribution is -0.00461. The number of hydrogen-bond donors (Lipinski definition) is 2. The third kappa shape index (κ3) is 2.69. The van der Waals surface area contributed by atoms with Crippen LogP contribution in [0.3, 0.4) is 0 Å². The van der Waals surface area contributed by atoms with Crippen molar-refractivity contribution in [1.29, 1.82) is 0 Å². The molecule has 114 valence electrons. The fourth-order valence-corrected chi connectivity index (χ4v) is 2.92. The van der Waals surface area contributed by atoms with Crippen molar-refractivity contribution >= 4 is 17.3 Å². The van der Waals surface area contributed by atoms with Gasteiger partial charge in [0.05, 0.1) is 11.4 Å². The van der Waals surface area contributed by atoms with Crippen molar-refractivity contribution in [3.63, 3.8) is 0 Å². The van der Waals surface area contributed by atoms with E-state index in [4.69, 9.17) is 9.47 Å². The molecule has 3 rings (SSSR count). The quantitative estimate of drug-likeness (QED) is 0.870. The molecule has 0 radical (unpaired) electrons. The van der Waals surface area contributed by atoms with Crippen LogP contribution in [0.15, 0.2) is 18.2 Å². The highest BCUT2D eigenvalue weighted by molar-refractivity contribution is 5.96. The molecule has 1 fully saturated rings. The number of likely N-dealkylation sites (tertiary alicyclic amines) is 1. The summed E-state index contributed by atoms with van der Waals surface area (Å²) in [5.74, 6) is 0.0202. The predicted octanol–water partition coefficient (Wildman–Crippen LogP) is 1.01. The molecule has 1 saturated heterocycles. The smallest absolute Gasteiger partial charge is 0.254 e. The highest BCUT2D eigenvalue weighted by Crippen LogP contribution is 2.27. The minimum atomic E-state index is -0.0589.